The Kier molecular flexibility index (Phi) is 3.11. The van der Waals surface area contributed by atoms with Crippen LogP contribution in [0.2, 0.25) is 0 Å². The summed E-state index contributed by atoms with van der Waals surface area (Å²) in [5.41, 5.74) is 1.67. The molecule has 3 rings (SSSR count). The summed E-state index contributed by atoms with van der Waals surface area (Å²) in [7, 11) is -4.17. The number of allylic oxidation sites excluding steroid dienone is 1. The van der Waals surface area contributed by atoms with Crippen molar-refractivity contribution in [3.05, 3.63) is 35.4 Å². The fourth-order valence-corrected chi connectivity index (χ4v) is 4.29. The standard InChI is InChI=1S/C16H18O4S/c1-16(2)13-7-8-14(16)15(17)12(13)9-10-3-5-11(6-4-10)21(18,19)20/h3-6,9,13-14H,7-8H2,1-2H3,(H,18,19,20)/b12-9-. The Morgan fingerprint density at radius 3 is 2.19 bits per heavy atom. The molecule has 0 amide bonds. The van der Waals surface area contributed by atoms with E-state index >= 15 is 0 Å². The predicted molar refractivity (Wildman–Crippen MR) is 79.2 cm³/mol. The van der Waals surface area contributed by atoms with Gasteiger partial charge in [0, 0.05) is 5.92 Å². The smallest absolute Gasteiger partial charge is 0.294 e. The van der Waals surface area contributed by atoms with Gasteiger partial charge in [-0.15, -0.1) is 0 Å². The minimum Gasteiger partial charge on any atom is -0.294 e. The van der Waals surface area contributed by atoms with E-state index in [0.717, 1.165) is 24.0 Å². The molecule has 2 unspecified atom stereocenters. The third kappa shape index (κ3) is 2.24. The minimum atomic E-state index is -4.17. The lowest BCUT2D eigenvalue weighted by Gasteiger charge is -2.22. The number of rotatable bonds is 2. The van der Waals surface area contributed by atoms with Crippen molar-refractivity contribution in [2.24, 2.45) is 17.3 Å². The number of carbonyl (C=O) groups is 1. The Hall–Kier alpha value is -1.46. The number of fused-ring (bicyclic) bond motifs is 2. The molecule has 0 spiro atoms. The van der Waals surface area contributed by atoms with Gasteiger partial charge in [-0.25, -0.2) is 0 Å². The third-order valence-corrected chi connectivity index (χ3v) is 5.88. The number of carbonyl (C=O) groups excluding carboxylic acids is 1. The van der Waals surface area contributed by atoms with Gasteiger partial charge < -0.3 is 0 Å². The van der Waals surface area contributed by atoms with Gasteiger partial charge in [-0.1, -0.05) is 26.0 Å². The molecule has 1 aromatic rings. The molecule has 4 nitrogen and oxygen atoms in total. The van der Waals surface area contributed by atoms with Gasteiger partial charge in [-0.05, 0) is 53.5 Å². The summed E-state index contributed by atoms with van der Waals surface area (Å²) in [6.45, 7) is 4.30. The summed E-state index contributed by atoms with van der Waals surface area (Å²) in [4.78, 5) is 12.3. The van der Waals surface area contributed by atoms with E-state index in [9.17, 15) is 13.2 Å². The lowest BCUT2D eigenvalue weighted by atomic mass is 9.81. The average Bonchev–Trinajstić information content (AvgIpc) is 2.77. The Labute approximate surface area is 124 Å². The number of benzene rings is 1. The second-order valence-corrected chi connectivity index (χ2v) is 7.93. The summed E-state index contributed by atoms with van der Waals surface area (Å²) in [6.07, 6.45) is 3.87. The first kappa shape index (κ1) is 14.5. The molecule has 0 aromatic heterocycles. The van der Waals surface area contributed by atoms with Crippen LogP contribution < -0.4 is 0 Å². The van der Waals surface area contributed by atoms with Crippen LogP contribution in [0.15, 0.2) is 34.7 Å². The zero-order chi connectivity index (χ0) is 15.4. The van der Waals surface area contributed by atoms with Gasteiger partial charge in [0.2, 0.25) is 0 Å². The molecule has 2 aliphatic carbocycles. The minimum absolute atomic E-state index is 0.0251. The molecule has 0 heterocycles. The van der Waals surface area contributed by atoms with Crippen LogP contribution in [-0.4, -0.2) is 18.8 Å². The van der Waals surface area contributed by atoms with E-state index in [-0.39, 0.29) is 27.9 Å². The van der Waals surface area contributed by atoms with Crippen LogP contribution in [0.5, 0.6) is 0 Å². The maximum atomic E-state index is 12.4. The van der Waals surface area contributed by atoms with Crippen LogP contribution in [0.25, 0.3) is 6.08 Å². The summed E-state index contributed by atoms with van der Waals surface area (Å²) in [5, 5.41) is 0. The first-order chi connectivity index (χ1) is 9.71. The monoisotopic (exact) mass is 306 g/mol. The molecule has 1 aromatic carbocycles. The van der Waals surface area contributed by atoms with Gasteiger partial charge in [0.15, 0.2) is 5.78 Å². The second kappa shape index (κ2) is 4.52. The summed E-state index contributed by atoms with van der Waals surface area (Å²) in [5.74, 6) is 0.636. The quantitative estimate of drug-likeness (QED) is 0.673. The Balaban J connectivity index is 1.95. The predicted octanol–water partition coefficient (Wildman–Crippen LogP) is 2.95. The largest absolute Gasteiger partial charge is 0.294 e. The molecule has 2 fully saturated rings. The highest BCUT2D eigenvalue weighted by molar-refractivity contribution is 7.85. The number of hydrogen-bond acceptors (Lipinski definition) is 3. The lowest BCUT2D eigenvalue weighted by molar-refractivity contribution is -0.119. The molecule has 0 radical (unpaired) electrons. The highest BCUT2D eigenvalue weighted by Gasteiger charge is 2.55. The second-order valence-electron chi connectivity index (χ2n) is 6.51. The lowest BCUT2D eigenvalue weighted by Crippen LogP contribution is -2.19. The van der Waals surface area contributed by atoms with E-state index in [1.165, 1.54) is 12.1 Å². The zero-order valence-corrected chi connectivity index (χ0v) is 12.9. The zero-order valence-electron chi connectivity index (χ0n) is 12.0. The van der Waals surface area contributed by atoms with Crippen molar-refractivity contribution in [2.45, 2.75) is 31.6 Å². The van der Waals surface area contributed by atoms with Crippen LogP contribution in [0.4, 0.5) is 0 Å². The van der Waals surface area contributed by atoms with Gasteiger partial charge >= 0.3 is 0 Å². The summed E-state index contributed by atoms with van der Waals surface area (Å²) >= 11 is 0. The summed E-state index contributed by atoms with van der Waals surface area (Å²) < 4.78 is 31.0. The Bertz CT molecular complexity index is 726. The number of hydrogen-bond donors (Lipinski definition) is 1. The highest BCUT2D eigenvalue weighted by Crippen LogP contribution is 2.58. The van der Waals surface area contributed by atoms with Crippen LogP contribution in [0.3, 0.4) is 0 Å². The summed E-state index contributed by atoms with van der Waals surface area (Å²) in [6, 6.07) is 5.93. The fourth-order valence-electron chi connectivity index (χ4n) is 3.81. The van der Waals surface area contributed by atoms with E-state index in [4.69, 9.17) is 4.55 Å². The van der Waals surface area contributed by atoms with Crippen molar-refractivity contribution in [1.82, 2.24) is 0 Å². The molecule has 2 bridgehead atoms. The van der Waals surface area contributed by atoms with Gasteiger partial charge in [0.25, 0.3) is 10.1 Å². The topological polar surface area (TPSA) is 71.4 Å². The fraction of sp³-hybridized carbons (Fsp3) is 0.438. The van der Waals surface area contributed by atoms with Crippen LogP contribution in [0.1, 0.15) is 32.3 Å². The molecule has 112 valence electrons. The molecular weight excluding hydrogens is 288 g/mol. The van der Waals surface area contributed by atoms with Crippen molar-refractivity contribution in [3.8, 4) is 0 Å². The van der Waals surface area contributed by atoms with Crippen LogP contribution in [-0.2, 0) is 14.9 Å². The molecule has 5 heteroatoms. The van der Waals surface area contributed by atoms with E-state index < -0.39 is 10.1 Å². The van der Waals surface area contributed by atoms with Gasteiger partial charge in [-0.2, -0.15) is 8.42 Å². The Morgan fingerprint density at radius 2 is 1.71 bits per heavy atom. The molecule has 1 N–H and O–H groups in total. The van der Waals surface area contributed by atoms with Crippen molar-refractivity contribution in [2.75, 3.05) is 0 Å². The molecule has 2 atom stereocenters. The number of ketones is 1. The van der Waals surface area contributed by atoms with Gasteiger partial charge in [-0.3, -0.25) is 9.35 Å². The normalized spacial score (nSPS) is 29.3. The molecule has 0 aliphatic heterocycles. The number of Topliss-reactive ketones (excluding diaryl/α,β-unsaturated/α-hetero) is 1. The van der Waals surface area contributed by atoms with E-state index in [1.807, 2.05) is 6.08 Å². The first-order valence-electron chi connectivity index (χ1n) is 7.04. The van der Waals surface area contributed by atoms with Crippen molar-refractivity contribution < 1.29 is 17.8 Å². The molecule has 21 heavy (non-hydrogen) atoms. The van der Waals surface area contributed by atoms with Crippen molar-refractivity contribution in [1.29, 1.82) is 0 Å². The average molecular weight is 306 g/mol. The van der Waals surface area contributed by atoms with E-state index in [0.29, 0.717) is 0 Å². The first-order valence-corrected chi connectivity index (χ1v) is 8.48. The van der Waals surface area contributed by atoms with Crippen molar-refractivity contribution in [3.63, 3.8) is 0 Å². The molecule has 2 saturated carbocycles. The SMILES string of the molecule is CC1(C)C2CCC1/C(=C/c1ccc(S(=O)(=O)O)cc1)C2=O. The van der Waals surface area contributed by atoms with Crippen LogP contribution in [0, 0.1) is 17.3 Å². The van der Waals surface area contributed by atoms with Crippen molar-refractivity contribution >= 4 is 22.0 Å². The van der Waals surface area contributed by atoms with E-state index in [2.05, 4.69) is 13.8 Å². The molecular formula is C16H18O4S. The van der Waals surface area contributed by atoms with Gasteiger partial charge in [0.1, 0.15) is 0 Å². The van der Waals surface area contributed by atoms with Gasteiger partial charge in [0.05, 0.1) is 4.90 Å². The maximum absolute atomic E-state index is 12.4. The van der Waals surface area contributed by atoms with E-state index in [1.54, 1.807) is 12.1 Å². The third-order valence-electron chi connectivity index (χ3n) is 5.02. The molecule has 0 saturated heterocycles. The van der Waals surface area contributed by atoms with Crippen LogP contribution >= 0.6 is 0 Å². The highest BCUT2D eigenvalue weighted by atomic mass is 32.2. The Morgan fingerprint density at radius 1 is 1.14 bits per heavy atom. The maximum Gasteiger partial charge on any atom is 0.294 e. The molecule has 2 aliphatic rings.